The number of ether oxygens (including phenoxy) is 1. The topological polar surface area (TPSA) is 68.5 Å². The Morgan fingerprint density at radius 2 is 1.84 bits per heavy atom. The lowest BCUT2D eigenvalue weighted by Crippen LogP contribution is -2.33. The highest BCUT2D eigenvalue weighted by Crippen LogP contribution is 2.27. The molecule has 1 heterocycles. The predicted molar refractivity (Wildman–Crippen MR) is 93.5 cm³/mol. The maximum Gasteiger partial charge on any atom is 0.336 e. The van der Waals surface area contributed by atoms with Crippen molar-refractivity contribution in [1.82, 2.24) is 5.32 Å². The summed E-state index contributed by atoms with van der Waals surface area (Å²) in [4.78, 5) is 24.0. The van der Waals surface area contributed by atoms with Crippen molar-refractivity contribution in [1.29, 1.82) is 0 Å². The Hall–Kier alpha value is -3.08. The molecule has 1 amide bonds. The van der Waals surface area contributed by atoms with Crippen LogP contribution in [0.25, 0.3) is 11.0 Å². The van der Waals surface area contributed by atoms with E-state index in [-0.39, 0.29) is 11.9 Å². The Balaban J connectivity index is 1.65. The molecule has 1 atom stereocenters. The van der Waals surface area contributed by atoms with Crippen LogP contribution in [0.4, 0.5) is 0 Å². The summed E-state index contributed by atoms with van der Waals surface area (Å²) >= 11 is 0. The van der Waals surface area contributed by atoms with Crippen LogP contribution in [0.1, 0.15) is 24.5 Å². The molecule has 0 aliphatic heterocycles. The van der Waals surface area contributed by atoms with Gasteiger partial charge in [0.05, 0.1) is 0 Å². The second-order valence-electron chi connectivity index (χ2n) is 6.15. The summed E-state index contributed by atoms with van der Waals surface area (Å²) in [6.45, 7) is 0. The fourth-order valence-electron chi connectivity index (χ4n) is 2.66. The van der Waals surface area contributed by atoms with Gasteiger partial charge in [0.1, 0.15) is 11.3 Å². The number of fused-ring (bicyclic) bond motifs is 1. The summed E-state index contributed by atoms with van der Waals surface area (Å²) in [7, 11) is 0. The third-order valence-corrected chi connectivity index (χ3v) is 4.11. The van der Waals surface area contributed by atoms with Crippen molar-refractivity contribution in [2.24, 2.45) is 0 Å². The van der Waals surface area contributed by atoms with Gasteiger partial charge in [-0.1, -0.05) is 30.3 Å². The molecule has 2 aromatic carbocycles. The monoisotopic (exact) mass is 335 g/mol. The van der Waals surface area contributed by atoms with Gasteiger partial charge in [0.15, 0.2) is 0 Å². The molecule has 1 fully saturated rings. The van der Waals surface area contributed by atoms with Gasteiger partial charge in [0.25, 0.3) is 5.91 Å². The third kappa shape index (κ3) is 3.55. The van der Waals surface area contributed by atoms with Crippen LogP contribution < -0.4 is 15.7 Å². The van der Waals surface area contributed by atoms with Crippen molar-refractivity contribution < 1.29 is 13.9 Å². The molecule has 25 heavy (non-hydrogen) atoms. The number of carbonyl (C=O) groups excluding carboxylic acids is 1. The number of rotatable bonds is 5. The van der Waals surface area contributed by atoms with Crippen LogP contribution in [0, 0.1) is 0 Å². The average Bonchev–Trinajstić information content (AvgIpc) is 3.44. The molecule has 0 radical (unpaired) electrons. The van der Waals surface area contributed by atoms with Gasteiger partial charge >= 0.3 is 5.63 Å². The zero-order chi connectivity index (χ0) is 17.2. The van der Waals surface area contributed by atoms with Gasteiger partial charge in [-0.25, -0.2) is 4.79 Å². The second kappa shape index (κ2) is 6.43. The van der Waals surface area contributed by atoms with Crippen molar-refractivity contribution in [3.63, 3.8) is 0 Å². The SMILES string of the molecule is O=C(NC1CC1)[C@H](Oc1ccc2ccc(=O)oc2c1)c1ccccc1. The summed E-state index contributed by atoms with van der Waals surface area (Å²) in [5, 5.41) is 3.78. The zero-order valence-electron chi connectivity index (χ0n) is 13.5. The Bertz CT molecular complexity index is 960. The highest BCUT2D eigenvalue weighted by atomic mass is 16.5. The van der Waals surface area contributed by atoms with Crippen molar-refractivity contribution in [2.45, 2.75) is 25.0 Å². The van der Waals surface area contributed by atoms with E-state index in [4.69, 9.17) is 9.15 Å². The minimum atomic E-state index is -0.755. The van der Waals surface area contributed by atoms with E-state index in [0.29, 0.717) is 11.3 Å². The first-order valence-corrected chi connectivity index (χ1v) is 8.25. The van der Waals surface area contributed by atoms with E-state index < -0.39 is 11.7 Å². The minimum absolute atomic E-state index is 0.164. The maximum atomic E-state index is 12.6. The smallest absolute Gasteiger partial charge is 0.336 e. The summed E-state index contributed by atoms with van der Waals surface area (Å²) < 4.78 is 11.2. The first-order valence-electron chi connectivity index (χ1n) is 8.25. The van der Waals surface area contributed by atoms with Crippen molar-refractivity contribution in [2.75, 3.05) is 0 Å². The quantitative estimate of drug-likeness (QED) is 0.727. The van der Waals surface area contributed by atoms with Crippen molar-refractivity contribution in [3.8, 4) is 5.75 Å². The van der Waals surface area contributed by atoms with Gasteiger partial charge < -0.3 is 14.5 Å². The fraction of sp³-hybridized carbons (Fsp3) is 0.200. The molecule has 0 unspecified atom stereocenters. The lowest BCUT2D eigenvalue weighted by atomic mass is 10.1. The van der Waals surface area contributed by atoms with Crippen molar-refractivity contribution >= 4 is 16.9 Å². The van der Waals surface area contributed by atoms with Gasteiger partial charge in [-0.15, -0.1) is 0 Å². The molecule has 1 saturated carbocycles. The molecule has 5 heteroatoms. The van der Waals surface area contributed by atoms with Crippen LogP contribution in [0.3, 0.4) is 0 Å². The van der Waals surface area contributed by atoms with Gasteiger partial charge in [0, 0.05) is 29.1 Å². The van der Waals surface area contributed by atoms with Crippen LogP contribution >= 0.6 is 0 Å². The Morgan fingerprint density at radius 1 is 1.08 bits per heavy atom. The minimum Gasteiger partial charge on any atom is -0.476 e. The first kappa shape index (κ1) is 15.4. The molecule has 1 aromatic heterocycles. The molecular formula is C20H17NO4. The second-order valence-corrected chi connectivity index (χ2v) is 6.15. The van der Waals surface area contributed by atoms with Crippen LogP contribution in [0.2, 0.25) is 0 Å². The highest BCUT2D eigenvalue weighted by molar-refractivity contribution is 5.83. The van der Waals surface area contributed by atoms with Crippen molar-refractivity contribution in [3.05, 3.63) is 76.6 Å². The van der Waals surface area contributed by atoms with Gasteiger partial charge in [-0.05, 0) is 31.0 Å². The summed E-state index contributed by atoms with van der Waals surface area (Å²) in [5.41, 5.74) is 0.783. The van der Waals surface area contributed by atoms with E-state index >= 15 is 0 Å². The van der Waals surface area contributed by atoms with Crippen LogP contribution in [-0.2, 0) is 4.79 Å². The van der Waals surface area contributed by atoms with Gasteiger partial charge in [-0.2, -0.15) is 0 Å². The number of benzene rings is 2. The van der Waals surface area contributed by atoms with E-state index in [2.05, 4.69) is 5.32 Å². The molecule has 1 aliphatic carbocycles. The Labute approximate surface area is 144 Å². The largest absolute Gasteiger partial charge is 0.476 e. The third-order valence-electron chi connectivity index (χ3n) is 4.11. The van der Waals surface area contributed by atoms with Gasteiger partial charge in [0.2, 0.25) is 6.10 Å². The maximum absolute atomic E-state index is 12.6. The standard InChI is InChI=1S/C20H17NO4/c22-18-11-7-13-6-10-16(12-17(13)25-18)24-19(14-4-2-1-3-5-14)20(23)21-15-8-9-15/h1-7,10-12,15,19H,8-9H2,(H,21,23)/t19-/m1/s1. The molecule has 0 spiro atoms. The van der Waals surface area contributed by atoms with Crippen LogP contribution in [0.5, 0.6) is 5.75 Å². The van der Waals surface area contributed by atoms with Crippen LogP contribution in [0.15, 0.2) is 69.9 Å². The highest BCUT2D eigenvalue weighted by Gasteiger charge is 2.29. The fourth-order valence-corrected chi connectivity index (χ4v) is 2.66. The Morgan fingerprint density at radius 3 is 2.60 bits per heavy atom. The van der Waals surface area contributed by atoms with E-state index in [1.54, 1.807) is 24.3 Å². The molecule has 0 bridgehead atoms. The zero-order valence-corrected chi connectivity index (χ0v) is 13.5. The number of hydrogen-bond acceptors (Lipinski definition) is 4. The normalized spacial score (nSPS) is 14.9. The number of carbonyl (C=O) groups is 1. The molecular weight excluding hydrogens is 318 g/mol. The number of amides is 1. The van der Waals surface area contributed by atoms with E-state index in [9.17, 15) is 9.59 Å². The van der Waals surface area contributed by atoms with Gasteiger partial charge in [-0.3, -0.25) is 4.79 Å². The lowest BCUT2D eigenvalue weighted by Gasteiger charge is -2.19. The molecule has 1 N–H and O–H groups in total. The summed E-state index contributed by atoms with van der Waals surface area (Å²) in [6.07, 6.45) is 1.26. The average molecular weight is 335 g/mol. The van der Waals surface area contributed by atoms with E-state index in [0.717, 1.165) is 23.8 Å². The molecule has 5 nitrogen and oxygen atoms in total. The molecule has 4 rings (SSSR count). The van der Waals surface area contributed by atoms with E-state index in [1.807, 2.05) is 30.3 Å². The molecule has 0 saturated heterocycles. The number of nitrogens with one attached hydrogen (secondary N) is 1. The molecule has 3 aromatic rings. The predicted octanol–water partition coefficient (Wildman–Crippen LogP) is 3.19. The molecule has 126 valence electrons. The Kier molecular flexibility index (Phi) is 3.98. The number of hydrogen-bond donors (Lipinski definition) is 1. The molecule has 1 aliphatic rings. The lowest BCUT2D eigenvalue weighted by molar-refractivity contribution is -0.128. The summed E-state index contributed by atoms with van der Waals surface area (Å²) in [6, 6.07) is 17.9. The summed E-state index contributed by atoms with van der Waals surface area (Å²) in [5.74, 6) is 0.310. The van der Waals surface area contributed by atoms with Crippen LogP contribution in [-0.4, -0.2) is 11.9 Å². The first-order chi connectivity index (χ1) is 12.2. The van der Waals surface area contributed by atoms with E-state index in [1.165, 1.54) is 6.07 Å².